The standard InChI is InChI=1S/C16H13BrN2O5S/c17-10-6-12(21)11(20)5-9(10)1-2-15(25)18-7-8-3-13(22)16(19-24)14(23)4-8/h1-6,20-23H,7H2,(H,18,25)/b2-1+. The number of hydrogen-bond donors (Lipinski definition) is 5. The van der Waals surface area contributed by atoms with Gasteiger partial charge in [0.2, 0.25) is 0 Å². The Morgan fingerprint density at radius 3 is 2.28 bits per heavy atom. The van der Waals surface area contributed by atoms with Gasteiger partial charge < -0.3 is 25.7 Å². The zero-order chi connectivity index (χ0) is 18.6. The molecule has 0 spiro atoms. The molecule has 0 aromatic heterocycles. The van der Waals surface area contributed by atoms with Gasteiger partial charge in [-0.3, -0.25) is 0 Å². The molecule has 0 heterocycles. The summed E-state index contributed by atoms with van der Waals surface area (Å²) < 4.78 is 0.577. The molecule has 0 atom stereocenters. The normalized spacial score (nSPS) is 10.8. The van der Waals surface area contributed by atoms with Crippen molar-refractivity contribution in [1.82, 2.24) is 5.32 Å². The average molecular weight is 425 g/mol. The molecule has 0 amide bonds. The Hall–Kier alpha value is -2.65. The second kappa shape index (κ2) is 7.95. The molecule has 2 aromatic rings. The van der Waals surface area contributed by atoms with Crippen LogP contribution in [0.3, 0.4) is 0 Å². The number of benzene rings is 2. The van der Waals surface area contributed by atoms with E-state index < -0.39 is 17.2 Å². The SMILES string of the molecule is O=Nc1c(O)cc(CNC(=S)/C=C/c2cc(O)c(O)cc2Br)cc1O. The average Bonchev–Trinajstić information content (AvgIpc) is 2.55. The van der Waals surface area contributed by atoms with Gasteiger partial charge in [0.25, 0.3) is 0 Å². The van der Waals surface area contributed by atoms with Crippen LogP contribution in [0, 0.1) is 4.91 Å². The van der Waals surface area contributed by atoms with Crippen molar-refractivity contribution in [1.29, 1.82) is 0 Å². The van der Waals surface area contributed by atoms with E-state index in [1.165, 1.54) is 24.3 Å². The molecule has 0 saturated carbocycles. The van der Waals surface area contributed by atoms with Gasteiger partial charge in [0.05, 0.1) is 4.99 Å². The summed E-state index contributed by atoms with van der Waals surface area (Å²) in [4.78, 5) is 10.8. The van der Waals surface area contributed by atoms with Crippen LogP contribution in [0.5, 0.6) is 23.0 Å². The molecule has 0 saturated heterocycles. The molecule has 0 aliphatic rings. The highest BCUT2D eigenvalue weighted by molar-refractivity contribution is 9.10. The number of phenolic OH excluding ortho intramolecular Hbond substituents is 4. The Morgan fingerprint density at radius 1 is 1.08 bits per heavy atom. The topological polar surface area (TPSA) is 122 Å². The molecule has 0 aliphatic heterocycles. The number of phenols is 4. The lowest BCUT2D eigenvalue weighted by atomic mass is 10.1. The molecule has 0 radical (unpaired) electrons. The third kappa shape index (κ3) is 4.68. The molecule has 0 bridgehead atoms. The predicted octanol–water partition coefficient (Wildman–Crippen LogP) is 3.80. The molecule has 9 heteroatoms. The van der Waals surface area contributed by atoms with Gasteiger partial charge in [-0.05, 0) is 46.6 Å². The van der Waals surface area contributed by atoms with Crippen LogP contribution in [0.15, 0.2) is 40.0 Å². The summed E-state index contributed by atoms with van der Waals surface area (Å²) in [5, 5.41) is 43.5. The number of halogens is 1. The van der Waals surface area contributed by atoms with Gasteiger partial charge in [0.15, 0.2) is 17.2 Å². The maximum atomic E-state index is 10.5. The minimum Gasteiger partial charge on any atom is -0.505 e. The van der Waals surface area contributed by atoms with E-state index >= 15 is 0 Å². The van der Waals surface area contributed by atoms with E-state index in [-0.39, 0.29) is 18.0 Å². The van der Waals surface area contributed by atoms with Gasteiger partial charge in [0.1, 0.15) is 11.5 Å². The van der Waals surface area contributed by atoms with E-state index in [0.717, 1.165) is 0 Å². The zero-order valence-electron chi connectivity index (χ0n) is 12.6. The number of nitroso groups, excluding NO2 is 1. The first-order chi connectivity index (χ1) is 11.8. The fraction of sp³-hybridized carbons (Fsp3) is 0.0625. The first-order valence-electron chi connectivity index (χ1n) is 6.87. The Labute approximate surface area is 156 Å². The summed E-state index contributed by atoms with van der Waals surface area (Å²) >= 11 is 8.41. The molecule has 2 rings (SSSR count). The van der Waals surface area contributed by atoms with Crippen LogP contribution in [0.25, 0.3) is 6.08 Å². The first kappa shape index (κ1) is 18.7. The molecular weight excluding hydrogens is 412 g/mol. The molecule has 5 N–H and O–H groups in total. The smallest absolute Gasteiger partial charge is 0.191 e. The quantitative estimate of drug-likeness (QED) is 0.214. The summed E-state index contributed by atoms with van der Waals surface area (Å²) in [5.41, 5.74) is 0.695. The predicted molar refractivity (Wildman–Crippen MR) is 101 cm³/mol. The van der Waals surface area contributed by atoms with Crippen LogP contribution < -0.4 is 5.32 Å². The van der Waals surface area contributed by atoms with Crippen molar-refractivity contribution >= 4 is 44.9 Å². The van der Waals surface area contributed by atoms with Crippen molar-refractivity contribution in [2.24, 2.45) is 5.18 Å². The third-order valence-corrected chi connectivity index (χ3v) is 4.16. The maximum Gasteiger partial charge on any atom is 0.191 e. The van der Waals surface area contributed by atoms with Crippen molar-refractivity contribution in [3.8, 4) is 23.0 Å². The highest BCUT2D eigenvalue weighted by Gasteiger charge is 2.10. The van der Waals surface area contributed by atoms with E-state index in [1.807, 2.05) is 0 Å². The van der Waals surface area contributed by atoms with Gasteiger partial charge >= 0.3 is 0 Å². The van der Waals surface area contributed by atoms with Crippen LogP contribution in [0.1, 0.15) is 11.1 Å². The Bertz CT molecular complexity index is 847. The van der Waals surface area contributed by atoms with E-state index in [0.29, 0.717) is 20.6 Å². The zero-order valence-corrected chi connectivity index (χ0v) is 15.0. The van der Waals surface area contributed by atoms with Crippen LogP contribution >= 0.6 is 28.1 Å². The van der Waals surface area contributed by atoms with Crippen molar-refractivity contribution in [2.75, 3.05) is 0 Å². The molecule has 130 valence electrons. The maximum absolute atomic E-state index is 10.5. The lowest BCUT2D eigenvalue weighted by Gasteiger charge is -2.08. The third-order valence-electron chi connectivity index (χ3n) is 3.20. The molecule has 0 fully saturated rings. The Balaban J connectivity index is 2.04. The van der Waals surface area contributed by atoms with E-state index in [4.69, 9.17) is 12.2 Å². The Kier molecular flexibility index (Phi) is 5.94. The van der Waals surface area contributed by atoms with Crippen LogP contribution in [0.2, 0.25) is 0 Å². The van der Waals surface area contributed by atoms with Gasteiger partial charge in [-0.2, -0.15) is 0 Å². The molecule has 2 aromatic carbocycles. The van der Waals surface area contributed by atoms with Gasteiger partial charge in [-0.25, -0.2) is 0 Å². The summed E-state index contributed by atoms with van der Waals surface area (Å²) in [6, 6.07) is 5.33. The van der Waals surface area contributed by atoms with E-state index in [1.54, 1.807) is 12.2 Å². The Morgan fingerprint density at radius 2 is 1.68 bits per heavy atom. The molecule has 25 heavy (non-hydrogen) atoms. The fourth-order valence-corrected chi connectivity index (χ4v) is 2.57. The highest BCUT2D eigenvalue weighted by atomic mass is 79.9. The lowest BCUT2D eigenvalue weighted by molar-refractivity contribution is 0.403. The van der Waals surface area contributed by atoms with Crippen molar-refractivity contribution < 1.29 is 20.4 Å². The largest absolute Gasteiger partial charge is 0.505 e. The van der Waals surface area contributed by atoms with Gasteiger partial charge in [-0.1, -0.05) is 34.2 Å². The summed E-state index contributed by atoms with van der Waals surface area (Å²) in [6.07, 6.45) is 3.21. The van der Waals surface area contributed by atoms with Crippen LogP contribution in [-0.4, -0.2) is 25.4 Å². The van der Waals surface area contributed by atoms with Crippen molar-refractivity contribution in [3.63, 3.8) is 0 Å². The minimum atomic E-state index is -0.420. The van der Waals surface area contributed by atoms with Crippen LogP contribution in [0.4, 0.5) is 5.69 Å². The summed E-state index contributed by atoms with van der Waals surface area (Å²) in [6.45, 7) is 0.200. The van der Waals surface area contributed by atoms with Crippen molar-refractivity contribution in [3.05, 3.63) is 50.8 Å². The number of rotatable bonds is 5. The number of nitrogens with zero attached hydrogens (tertiary/aromatic N) is 1. The lowest BCUT2D eigenvalue weighted by Crippen LogP contribution is -2.18. The number of hydrogen-bond acceptors (Lipinski definition) is 7. The first-order valence-corrected chi connectivity index (χ1v) is 8.07. The molecule has 7 nitrogen and oxygen atoms in total. The molecule has 0 aliphatic carbocycles. The van der Waals surface area contributed by atoms with E-state index in [9.17, 15) is 25.3 Å². The second-order valence-corrected chi connectivity index (χ2v) is 6.28. The van der Waals surface area contributed by atoms with Gasteiger partial charge in [0, 0.05) is 11.0 Å². The number of thiocarbonyl (C=S) groups is 1. The number of nitrogens with one attached hydrogen (secondary N) is 1. The minimum absolute atomic E-state index is 0.200. The number of aromatic hydroxyl groups is 4. The monoisotopic (exact) mass is 424 g/mol. The van der Waals surface area contributed by atoms with Crippen LogP contribution in [-0.2, 0) is 6.54 Å². The highest BCUT2D eigenvalue weighted by Crippen LogP contribution is 2.36. The molecule has 0 unspecified atom stereocenters. The fourth-order valence-electron chi connectivity index (χ4n) is 1.97. The molecular formula is C16H13BrN2O5S. The van der Waals surface area contributed by atoms with Crippen molar-refractivity contribution in [2.45, 2.75) is 6.54 Å². The summed E-state index contributed by atoms with van der Waals surface area (Å²) in [5.74, 6) is -1.33. The second-order valence-electron chi connectivity index (χ2n) is 4.99. The summed E-state index contributed by atoms with van der Waals surface area (Å²) in [7, 11) is 0. The van der Waals surface area contributed by atoms with Gasteiger partial charge in [-0.15, -0.1) is 4.91 Å². The van der Waals surface area contributed by atoms with E-state index in [2.05, 4.69) is 26.4 Å².